The molecule has 0 aliphatic rings. The van der Waals surface area contributed by atoms with Gasteiger partial charge in [0.05, 0.1) is 6.61 Å². The highest BCUT2D eigenvalue weighted by atomic mass is 79.9. The standard InChI is InChI=1S/C11H10BrFN4O2/c1-2-18-10-15-9(14)16-11(17-10)19-8-4-6(12)3-7(13)5-8/h3-5H,2H2,1H3,(H2,14,15,16,17). The molecule has 0 aliphatic carbocycles. The van der Waals surface area contributed by atoms with Crippen LogP contribution in [-0.4, -0.2) is 21.6 Å². The third-order valence-electron chi connectivity index (χ3n) is 1.93. The van der Waals surface area contributed by atoms with Gasteiger partial charge in [0.25, 0.3) is 0 Å². The first-order chi connectivity index (χ1) is 9.06. The van der Waals surface area contributed by atoms with Crippen LogP contribution < -0.4 is 15.2 Å². The van der Waals surface area contributed by atoms with E-state index in [0.29, 0.717) is 11.1 Å². The molecule has 0 saturated carbocycles. The molecule has 0 fully saturated rings. The fourth-order valence-electron chi connectivity index (χ4n) is 1.28. The number of nitrogens with zero attached hydrogens (tertiary/aromatic N) is 3. The normalized spacial score (nSPS) is 10.3. The zero-order chi connectivity index (χ0) is 13.8. The number of nitrogen functional groups attached to an aromatic ring is 1. The van der Waals surface area contributed by atoms with Crippen molar-refractivity contribution in [2.75, 3.05) is 12.3 Å². The highest BCUT2D eigenvalue weighted by molar-refractivity contribution is 9.10. The van der Waals surface area contributed by atoms with E-state index in [1.807, 2.05) is 0 Å². The van der Waals surface area contributed by atoms with Crippen LogP contribution in [0.4, 0.5) is 10.3 Å². The molecule has 0 aliphatic heterocycles. The van der Waals surface area contributed by atoms with Crippen LogP contribution >= 0.6 is 15.9 Å². The lowest BCUT2D eigenvalue weighted by Gasteiger charge is -2.06. The zero-order valence-electron chi connectivity index (χ0n) is 9.93. The Kier molecular flexibility index (Phi) is 4.10. The summed E-state index contributed by atoms with van der Waals surface area (Å²) < 4.78 is 24.2. The predicted octanol–water partition coefficient (Wildman–Crippen LogP) is 2.55. The maximum Gasteiger partial charge on any atom is 0.330 e. The van der Waals surface area contributed by atoms with Gasteiger partial charge in [0.15, 0.2) is 0 Å². The van der Waals surface area contributed by atoms with Gasteiger partial charge in [-0.2, -0.15) is 9.97 Å². The highest BCUT2D eigenvalue weighted by Crippen LogP contribution is 2.24. The third-order valence-corrected chi connectivity index (χ3v) is 2.39. The van der Waals surface area contributed by atoms with Gasteiger partial charge in [-0.25, -0.2) is 4.39 Å². The molecule has 0 atom stereocenters. The second kappa shape index (κ2) is 5.79. The molecule has 1 aromatic carbocycles. The van der Waals surface area contributed by atoms with Crippen LogP contribution in [0.1, 0.15) is 6.92 Å². The number of nitrogens with two attached hydrogens (primary N) is 1. The summed E-state index contributed by atoms with van der Waals surface area (Å²) in [6.07, 6.45) is 0. The smallest absolute Gasteiger partial charge is 0.330 e. The van der Waals surface area contributed by atoms with E-state index in [-0.39, 0.29) is 23.7 Å². The first kappa shape index (κ1) is 13.5. The van der Waals surface area contributed by atoms with Crippen molar-refractivity contribution >= 4 is 21.9 Å². The fraction of sp³-hybridized carbons (Fsp3) is 0.182. The fourth-order valence-corrected chi connectivity index (χ4v) is 1.73. The van der Waals surface area contributed by atoms with E-state index in [9.17, 15) is 4.39 Å². The summed E-state index contributed by atoms with van der Waals surface area (Å²) in [4.78, 5) is 11.5. The quantitative estimate of drug-likeness (QED) is 0.928. The van der Waals surface area contributed by atoms with Crippen molar-refractivity contribution in [3.05, 3.63) is 28.5 Å². The monoisotopic (exact) mass is 328 g/mol. The summed E-state index contributed by atoms with van der Waals surface area (Å²) in [6.45, 7) is 2.17. The Morgan fingerprint density at radius 2 is 1.95 bits per heavy atom. The number of hydrogen-bond donors (Lipinski definition) is 1. The lowest BCUT2D eigenvalue weighted by atomic mass is 10.3. The number of rotatable bonds is 4. The molecule has 8 heteroatoms. The largest absolute Gasteiger partial charge is 0.464 e. The molecule has 6 nitrogen and oxygen atoms in total. The Hall–Kier alpha value is -1.96. The molecule has 0 amide bonds. The topological polar surface area (TPSA) is 83.2 Å². The third kappa shape index (κ3) is 3.75. The van der Waals surface area contributed by atoms with Crippen molar-refractivity contribution in [3.63, 3.8) is 0 Å². The van der Waals surface area contributed by atoms with Gasteiger partial charge in [-0.1, -0.05) is 15.9 Å². The molecule has 0 radical (unpaired) electrons. The molecule has 19 heavy (non-hydrogen) atoms. The van der Waals surface area contributed by atoms with Crippen molar-refractivity contribution in [2.45, 2.75) is 6.92 Å². The Balaban J connectivity index is 2.27. The number of hydrogen-bond acceptors (Lipinski definition) is 6. The SMILES string of the molecule is CCOc1nc(N)nc(Oc2cc(F)cc(Br)c2)n1. The van der Waals surface area contributed by atoms with Crippen LogP contribution in [0.3, 0.4) is 0 Å². The zero-order valence-corrected chi connectivity index (χ0v) is 11.5. The van der Waals surface area contributed by atoms with Crippen LogP contribution in [0.2, 0.25) is 0 Å². The van der Waals surface area contributed by atoms with Gasteiger partial charge in [0, 0.05) is 10.5 Å². The van der Waals surface area contributed by atoms with Crippen LogP contribution in [0.15, 0.2) is 22.7 Å². The molecule has 0 bridgehead atoms. The average Bonchev–Trinajstić information content (AvgIpc) is 2.26. The molecule has 100 valence electrons. The maximum absolute atomic E-state index is 13.2. The van der Waals surface area contributed by atoms with Crippen molar-refractivity contribution < 1.29 is 13.9 Å². The van der Waals surface area contributed by atoms with E-state index in [1.165, 1.54) is 12.1 Å². The number of anilines is 1. The Morgan fingerprint density at radius 1 is 1.21 bits per heavy atom. The predicted molar refractivity (Wildman–Crippen MR) is 69.6 cm³/mol. The van der Waals surface area contributed by atoms with E-state index >= 15 is 0 Å². The van der Waals surface area contributed by atoms with E-state index in [2.05, 4.69) is 30.9 Å². The lowest BCUT2D eigenvalue weighted by Crippen LogP contribution is -2.04. The molecule has 0 unspecified atom stereocenters. The molecule has 2 aromatic rings. The number of aromatic nitrogens is 3. The molecule has 1 aromatic heterocycles. The van der Waals surface area contributed by atoms with Gasteiger partial charge in [-0.15, -0.1) is 4.98 Å². The first-order valence-electron chi connectivity index (χ1n) is 5.35. The summed E-state index contributed by atoms with van der Waals surface area (Å²) >= 11 is 3.16. The van der Waals surface area contributed by atoms with Crippen LogP contribution in [0.5, 0.6) is 17.8 Å². The summed E-state index contributed by atoms with van der Waals surface area (Å²) in [5.74, 6) is -0.250. The molecule has 0 saturated heterocycles. The second-order valence-corrected chi connectivity index (χ2v) is 4.31. The molecular weight excluding hydrogens is 319 g/mol. The van der Waals surface area contributed by atoms with E-state index in [0.717, 1.165) is 0 Å². The summed E-state index contributed by atoms with van der Waals surface area (Å²) in [5.41, 5.74) is 5.50. The molecule has 1 heterocycles. The van der Waals surface area contributed by atoms with Gasteiger partial charge in [-0.3, -0.25) is 0 Å². The number of ether oxygens (including phenoxy) is 2. The average molecular weight is 329 g/mol. The van der Waals surface area contributed by atoms with E-state index in [1.54, 1.807) is 13.0 Å². The van der Waals surface area contributed by atoms with Crippen LogP contribution in [0, 0.1) is 5.82 Å². The van der Waals surface area contributed by atoms with Gasteiger partial charge >= 0.3 is 12.0 Å². The minimum absolute atomic E-state index is 0.0380. The summed E-state index contributed by atoms with van der Waals surface area (Å²) in [5, 5.41) is 0. The van der Waals surface area contributed by atoms with Gasteiger partial charge in [0.1, 0.15) is 11.6 Å². The highest BCUT2D eigenvalue weighted by Gasteiger charge is 2.08. The molecular formula is C11H10BrFN4O2. The number of halogens is 2. The molecule has 2 rings (SSSR count). The lowest BCUT2D eigenvalue weighted by molar-refractivity contribution is 0.304. The van der Waals surface area contributed by atoms with Gasteiger partial charge < -0.3 is 15.2 Å². The minimum Gasteiger partial charge on any atom is -0.464 e. The van der Waals surface area contributed by atoms with Gasteiger partial charge in [0.2, 0.25) is 5.95 Å². The Morgan fingerprint density at radius 3 is 2.63 bits per heavy atom. The van der Waals surface area contributed by atoms with Crippen LogP contribution in [0.25, 0.3) is 0 Å². The Labute approximate surface area is 116 Å². The van der Waals surface area contributed by atoms with E-state index in [4.69, 9.17) is 15.2 Å². The second-order valence-electron chi connectivity index (χ2n) is 3.40. The maximum atomic E-state index is 13.2. The summed E-state index contributed by atoms with van der Waals surface area (Å²) in [6, 6.07) is 4.07. The molecule has 0 spiro atoms. The van der Waals surface area contributed by atoms with Crippen molar-refractivity contribution in [3.8, 4) is 17.8 Å². The Bertz CT molecular complexity index is 577. The molecule has 2 N–H and O–H groups in total. The van der Waals surface area contributed by atoms with Crippen molar-refractivity contribution in [1.82, 2.24) is 15.0 Å². The van der Waals surface area contributed by atoms with Crippen molar-refractivity contribution in [1.29, 1.82) is 0 Å². The first-order valence-corrected chi connectivity index (χ1v) is 6.14. The van der Waals surface area contributed by atoms with Crippen molar-refractivity contribution in [2.24, 2.45) is 0 Å². The van der Waals surface area contributed by atoms with Gasteiger partial charge in [-0.05, 0) is 19.1 Å². The number of benzene rings is 1. The van der Waals surface area contributed by atoms with E-state index < -0.39 is 5.82 Å². The summed E-state index contributed by atoms with van der Waals surface area (Å²) in [7, 11) is 0. The van der Waals surface area contributed by atoms with Crippen LogP contribution in [-0.2, 0) is 0 Å². The minimum atomic E-state index is -0.448.